The van der Waals surface area contributed by atoms with Crippen LogP contribution < -0.4 is 0 Å². The molecule has 2 nitrogen and oxygen atoms in total. The first kappa shape index (κ1) is 10.8. The topological polar surface area (TPSA) is 20.3 Å². The van der Waals surface area contributed by atoms with Gasteiger partial charge in [0.05, 0.1) is 5.37 Å². The van der Waals surface area contributed by atoms with Crippen LogP contribution in [0.25, 0.3) is 0 Å². The molecule has 0 spiro atoms. The van der Waals surface area contributed by atoms with Crippen LogP contribution in [0.4, 0.5) is 0 Å². The lowest BCUT2D eigenvalue weighted by Crippen LogP contribution is -2.29. The summed E-state index contributed by atoms with van der Waals surface area (Å²) in [7, 11) is 0. The second-order valence-electron chi connectivity index (χ2n) is 2.34. The van der Waals surface area contributed by atoms with E-state index in [1.165, 1.54) is 0 Å². The Kier molecular flexibility index (Phi) is 5.38. The predicted octanol–water partition coefficient (Wildman–Crippen LogP) is 1.91. The Balaban J connectivity index is 0.000000461. The van der Waals surface area contributed by atoms with Gasteiger partial charge in [0.1, 0.15) is 0 Å². The maximum absolute atomic E-state index is 10.7. The van der Waals surface area contributed by atoms with Crippen molar-refractivity contribution in [1.29, 1.82) is 0 Å². The average Bonchev–Trinajstić information content (AvgIpc) is 2.39. The quantitative estimate of drug-likeness (QED) is 0.558. The fourth-order valence-corrected chi connectivity index (χ4v) is 1.58. The molecular formula is C8H17NOS. The normalized spacial score (nSPS) is 22.5. The van der Waals surface area contributed by atoms with Gasteiger partial charge in [0, 0.05) is 13.5 Å². The van der Waals surface area contributed by atoms with E-state index in [0.717, 1.165) is 19.4 Å². The minimum atomic E-state index is 0.146. The SMILES string of the molecule is CC.CC(=O)N1CCCC1S. The van der Waals surface area contributed by atoms with E-state index < -0.39 is 0 Å². The first-order chi connectivity index (χ1) is 5.22. The molecule has 0 bridgehead atoms. The highest BCUT2D eigenvalue weighted by Gasteiger charge is 2.22. The fourth-order valence-electron chi connectivity index (χ4n) is 1.12. The van der Waals surface area contributed by atoms with E-state index in [1.54, 1.807) is 11.8 Å². The van der Waals surface area contributed by atoms with Gasteiger partial charge in [0.25, 0.3) is 0 Å². The summed E-state index contributed by atoms with van der Waals surface area (Å²) in [6, 6.07) is 0. The summed E-state index contributed by atoms with van der Waals surface area (Å²) in [5.41, 5.74) is 0. The van der Waals surface area contributed by atoms with Crippen LogP contribution in [0.5, 0.6) is 0 Å². The van der Waals surface area contributed by atoms with Crippen molar-refractivity contribution in [3.05, 3.63) is 0 Å². The van der Waals surface area contributed by atoms with E-state index in [2.05, 4.69) is 12.6 Å². The van der Waals surface area contributed by atoms with Crippen LogP contribution >= 0.6 is 12.6 Å². The van der Waals surface area contributed by atoms with Crippen molar-refractivity contribution in [2.24, 2.45) is 0 Å². The molecule has 66 valence electrons. The smallest absolute Gasteiger partial charge is 0.220 e. The summed E-state index contributed by atoms with van der Waals surface area (Å²) in [6.45, 7) is 6.48. The lowest BCUT2D eigenvalue weighted by atomic mass is 10.4. The van der Waals surface area contributed by atoms with Crippen molar-refractivity contribution >= 4 is 18.5 Å². The first-order valence-electron chi connectivity index (χ1n) is 4.17. The number of nitrogens with zero attached hydrogens (tertiary/aromatic N) is 1. The molecule has 3 heteroatoms. The number of amides is 1. The highest BCUT2D eigenvalue weighted by Crippen LogP contribution is 2.19. The summed E-state index contributed by atoms with van der Waals surface area (Å²) >= 11 is 4.23. The molecule has 11 heavy (non-hydrogen) atoms. The van der Waals surface area contributed by atoms with Gasteiger partial charge in [-0.3, -0.25) is 4.79 Å². The number of hydrogen-bond acceptors (Lipinski definition) is 2. The van der Waals surface area contributed by atoms with Crippen molar-refractivity contribution in [3.8, 4) is 0 Å². The van der Waals surface area contributed by atoms with Crippen molar-refractivity contribution in [3.63, 3.8) is 0 Å². The summed E-state index contributed by atoms with van der Waals surface area (Å²) in [5, 5.41) is 0.183. The van der Waals surface area contributed by atoms with Crippen molar-refractivity contribution in [1.82, 2.24) is 4.90 Å². The Bertz CT molecular complexity index is 127. The molecule has 0 radical (unpaired) electrons. The van der Waals surface area contributed by atoms with Crippen LogP contribution in [0.15, 0.2) is 0 Å². The zero-order valence-corrected chi connectivity index (χ0v) is 8.40. The molecule has 1 unspecified atom stereocenters. The third-order valence-corrected chi connectivity index (χ3v) is 2.16. The molecule has 1 atom stereocenters. The average molecular weight is 175 g/mol. The molecule has 0 aromatic carbocycles. The third-order valence-electron chi connectivity index (χ3n) is 1.63. The maximum Gasteiger partial charge on any atom is 0.220 e. The van der Waals surface area contributed by atoms with Gasteiger partial charge in [0.2, 0.25) is 5.91 Å². The first-order valence-corrected chi connectivity index (χ1v) is 4.69. The Hall–Kier alpha value is -0.180. The Labute approximate surface area is 74.4 Å². The summed E-state index contributed by atoms with van der Waals surface area (Å²) < 4.78 is 0. The van der Waals surface area contributed by atoms with Crippen LogP contribution in [0, 0.1) is 0 Å². The van der Waals surface area contributed by atoms with E-state index in [0.29, 0.717) is 0 Å². The van der Waals surface area contributed by atoms with Crippen molar-refractivity contribution in [2.45, 2.75) is 39.0 Å². The molecule has 0 saturated carbocycles. The Morgan fingerprint density at radius 1 is 1.55 bits per heavy atom. The minimum absolute atomic E-state index is 0.146. The van der Waals surface area contributed by atoms with Gasteiger partial charge >= 0.3 is 0 Å². The molecule has 1 aliphatic rings. The van der Waals surface area contributed by atoms with Crippen LogP contribution in [0.1, 0.15) is 33.6 Å². The number of carbonyl (C=O) groups excluding carboxylic acids is 1. The molecule has 1 rings (SSSR count). The van der Waals surface area contributed by atoms with Crippen molar-refractivity contribution < 1.29 is 4.79 Å². The Morgan fingerprint density at radius 3 is 2.27 bits per heavy atom. The van der Waals surface area contributed by atoms with E-state index >= 15 is 0 Å². The van der Waals surface area contributed by atoms with Crippen LogP contribution in [0.3, 0.4) is 0 Å². The molecule has 0 N–H and O–H groups in total. The zero-order valence-electron chi connectivity index (χ0n) is 7.50. The number of likely N-dealkylation sites (tertiary alicyclic amines) is 1. The van der Waals surface area contributed by atoms with Gasteiger partial charge in [0.15, 0.2) is 0 Å². The number of rotatable bonds is 0. The van der Waals surface area contributed by atoms with Crippen LogP contribution in [-0.2, 0) is 4.79 Å². The number of hydrogen-bond donors (Lipinski definition) is 1. The lowest BCUT2D eigenvalue weighted by molar-refractivity contribution is -0.128. The van der Waals surface area contributed by atoms with Gasteiger partial charge in [-0.15, -0.1) is 0 Å². The molecule has 1 fully saturated rings. The molecule has 0 aromatic heterocycles. The highest BCUT2D eigenvalue weighted by molar-refractivity contribution is 7.80. The van der Waals surface area contributed by atoms with E-state index in [9.17, 15) is 4.79 Å². The van der Waals surface area contributed by atoms with Gasteiger partial charge in [-0.1, -0.05) is 13.8 Å². The van der Waals surface area contributed by atoms with E-state index in [1.807, 2.05) is 13.8 Å². The van der Waals surface area contributed by atoms with E-state index in [-0.39, 0.29) is 11.3 Å². The van der Waals surface area contributed by atoms with Gasteiger partial charge in [-0.25, -0.2) is 0 Å². The molecular weight excluding hydrogens is 158 g/mol. The molecule has 0 aliphatic carbocycles. The van der Waals surface area contributed by atoms with Crippen molar-refractivity contribution in [2.75, 3.05) is 6.54 Å². The van der Waals surface area contributed by atoms with Crippen LogP contribution in [0.2, 0.25) is 0 Å². The molecule has 1 aliphatic heterocycles. The number of thiol groups is 1. The van der Waals surface area contributed by atoms with E-state index in [4.69, 9.17) is 0 Å². The monoisotopic (exact) mass is 175 g/mol. The van der Waals surface area contributed by atoms with Gasteiger partial charge < -0.3 is 4.90 Å². The second kappa shape index (κ2) is 5.47. The summed E-state index contributed by atoms with van der Waals surface area (Å²) in [6.07, 6.45) is 2.15. The van der Waals surface area contributed by atoms with Crippen LogP contribution in [-0.4, -0.2) is 22.7 Å². The number of carbonyl (C=O) groups is 1. The highest BCUT2D eigenvalue weighted by atomic mass is 32.1. The second-order valence-corrected chi connectivity index (χ2v) is 2.93. The predicted molar refractivity (Wildman–Crippen MR) is 50.7 cm³/mol. The Morgan fingerprint density at radius 2 is 2.09 bits per heavy atom. The standard InChI is InChI=1S/C6H11NOS.C2H6/c1-5(8)7-4-2-3-6(7)9;1-2/h6,9H,2-4H2,1H3;1-2H3. The largest absolute Gasteiger partial charge is 0.331 e. The zero-order chi connectivity index (χ0) is 8.85. The summed E-state index contributed by atoms with van der Waals surface area (Å²) in [5.74, 6) is 0.146. The van der Waals surface area contributed by atoms with Gasteiger partial charge in [-0.2, -0.15) is 12.6 Å². The minimum Gasteiger partial charge on any atom is -0.331 e. The molecule has 0 aromatic rings. The lowest BCUT2D eigenvalue weighted by Gasteiger charge is -2.17. The molecule has 1 saturated heterocycles. The maximum atomic E-state index is 10.7. The molecule has 1 heterocycles. The fraction of sp³-hybridized carbons (Fsp3) is 0.875. The summed E-state index contributed by atoms with van der Waals surface area (Å²) in [4.78, 5) is 12.5. The third kappa shape index (κ3) is 3.14. The van der Waals surface area contributed by atoms with Gasteiger partial charge in [-0.05, 0) is 12.8 Å². The molecule has 1 amide bonds.